The van der Waals surface area contributed by atoms with Crippen molar-refractivity contribution in [1.29, 1.82) is 0 Å². The first-order valence-electron chi connectivity index (χ1n) is 12.6. The minimum atomic E-state index is -2.21. The van der Waals surface area contributed by atoms with E-state index in [2.05, 4.69) is 0 Å². The molecule has 3 aromatic rings. The molecular weight excluding hydrogens is 510 g/mol. The van der Waals surface area contributed by atoms with Crippen LogP contribution >= 0.6 is 0 Å². The minimum absolute atomic E-state index is 0.118. The van der Waals surface area contributed by atoms with Crippen LogP contribution in [0.2, 0.25) is 0 Å². The van der Waals surface area contributed by atoms with Gasteiger partial charge in [-0.15, -0.1) is 0 Å². The summed E-state index contributed by atoms with van der Waals surface area (Å²) in [6, 6.07) is 6.50. The van der Waals surface area contributed by atoms with Crippen LogP contribution in [0.1, 0.15) is 60.8 Å². The maximum absolute atomic E-state index is 15.4. The molecule has 0 aliphatic carbocycles. The van der Waals surface area contributed by atoms with Crippen LogP contribution in [0.4, 0.5) is 22.0 Å². The lowest BCUT2D eigenvalue weighted by atomic mass is 9.91. The molecule has 4 rings (SSSR count). The lowest BCUT2D eigenvalue weighted by Crippen LogP contribution is -2.12. The number of hydrogen-bond acceptors (Lipinski definition) is 2. The molecule has 2 heterocycles. The van der Waals surface area contributed by atoms with Crippen molar-refractivity contribution < 1.29 is 27.1 Å². The number of halogens is 5. The Hall–Kier alpha value is -3.88. The normalized spacial score (nSPS) is 15.1. The average Bonchev–Trinajstić information content (AvgIpc) is 3.34. The molecule has 0 saturated heterocycles. The first-order valence-corrected chi connectivity index (χ1v) is 12.6. The van der Waals surface area contributed by atoms with E-state index in [0.29, 0.717) is 35.4 Å². The second-order valence-electron chi connectivity index (χ2n) is 9.50. The molecule has 0 atom stereocenters. The molecule has 1 aromatic heterocycles. The van der Waals surface area contributed by atoms with Gasteiger partial charge < -0.3 is 9.58 Å². The maximum Gasteiger partial charge on any atom is 0.223 e. The number of phenolic OH excluding ortho intramolecular Hbond substituents is 1. The Labute approximate surface area is 225 Å². The summed E-state index contributed by atoms with van der Waals surface area (Å²) in [4.78, 5) is 4.72. The molecule has 0 fully saturated rings. The van der Waals surface area contributed by atoms with Crippen molar-refractivity contribution in [2.24, 2.45) is 4.99 Å². The third-order valence-corrected chi connectivity index (χ3v) is 7.40. The van der Waals surface area contributed by atoms with Gasteiger partial charge in [0.05, 0.1) is 17.0 Å². The topological polar surface area (TPSA) is 37.5 Å². The zero-order valence-corrected chi connectivity index (χ0v) is 22.6. The number of aromatic hydroxyl groups is 1. The van der Waals surface area contributed by atoms with Gasteiger partial charge in [-0.25, -0.2) is 26.9 Å². The van der Waals surface area contributed by atoms with E-state index in [1.807, 2.05) is 20.8 Å². The molecule has 39 heavy (non-hydrogen) atoms. The predicted octanol–water partition coefficient (Wildman–Crippen LogP) is 7.12. The van der Waals surface area contributed by atoms with Gasteiger partial charge in [0.2, 0.25) is 13.8 Å². The highest BCUT2D eigenvalue weighted by molar-refractivity contribution is 6.15. The quantitative estimate of drug-likeness (QED) is 0.154. The highest BCUT2D eigenvalue weighted by Crippen LogP contribution is 2.42. The average molecular weight is 538 g/mol. The zero-order valence-electron chi connectivity index (χ0n) is 22.6. The van der Waals surface area contributed by atoms with E-state index in [1.165, 1.54) is 12.1 Å². The van der Waals surface area contributed by atoms with Gasteiger partial charge in [-0.1, -0.05) is 32.1 Å². The summed E-state index contributed by atoms with van der Waals surface area (Å²) in [6.07, 6.45) is 4.64. The van der Waals surface area contributed by atoms with Gasteiger partial charge >= 0.3 is 0 Å². The number of aromatic nitrogens is 1. The molecule has 202 valence electrons. The lowest BCUT2D eigenvalue weighted by molar-refractivity contribution is 0.376. The predicted molar refractivity (Wildman–Crippen MR) is 147 cm³/mol. The van der Waals surface area contributed by atoms with E-state index in [0.717, 1.165) is 22.4 Å². The van der Waals surface area contributed by atoms with Gasteiger partial charge in [0.25, 0.3) is 0 Å². The summed E-state index contributed by atoms with van der Waals surface area (Å²) in [6.45, 7) is 9.19. The molecule has 1 aliphatic rings. The molecule has 3 nitrogen and oxygen atoms in total. The Kier molecular flexibility index (Phi) is 7.73. The molecule has 0 unspecified atom stereocenters. The number of hydrogen-bond donors (Lipinski definition) is 1. The van der Waals surface area contributed by atoms with Crippen molar-refractivity contribution in [1.82, 2.24) is 4.48 Å². The smallest absolute Gasteiger partial charge is 0.223 e. The molecule has 1 aliphatic heterocycles. The van der Waals surface area contributed by atoms with Crippen LogP contribution in [0.5, 0.6) is 5.75 Å². The van der Waals surface area contributed by atoms with E-state index >= 15 is 8.78 Å². The fourth-order valence-electron chi connectivity index (χ4n) is 5.28. The molecule has 2 aromatic carbocycles. The van der Waals surface area contributed by atoms with Crippen LogP contribution in [-0.4, -0.2) is 23.3 Å². The molecule has 0 bridgehead atoms. The number of phenols is 1. The van der Waals surface area contributed by atoms with Crippen molar-refractivity contribution in [3.05, 3.63) is 110 Å². The van der Waals surface area contributed by atoms with Crippen LogP contribution in [0, 0.1) is 42.9 Å². The largest absolute Gasteiger partial charge is 0.508 e. The molecule has 1 N–H and O–H groups in total. The molecule has 9 heteroatoms. The molecule has 0 spiro atoms. The van der Waals surface area contributed by atoms with Crippen molar-refractivity contribution in [2.75, 3.05) is 0 Å². The summed E-state index contributed by atoms with van der Waals surface area (Å²) in [7, 11) is 1.70. The Morgan fingerprint density at radius 2 is 1.44 bits per heavy atom. The van der Waals surface area contributed by atoms with Crippen LogP contribution < -0.4 is 0 Å². The highest BCUT2D eigenvalue weighted by atomic mass is 19.2. The number of nitrogens with zero attached hydrogens (tertiary/aromatic N) is 2. The van der Waals surface area contributed by atoms with Crippen molar-refractivity contribution in [3.63, 3.8) is 0 Å². The molecule has 0 saturated carbocycles. The minimum Gasteiger partial charge on any atom is -0.508 e. The fraction of sp³-hybridized carbons (Fsp3) is 0.233. The van der Waals surface area contributed by atoms with Crippen LogP contribution in [0.15, 0.2) is 52.2 Å². The van der Waals surface area contributed by atoms with Crippen molar-refractivity contribution in [2.45, 2.75) is 47.5 Å². The van der Waals surface area contributed by atoms with Crippen LogP contribution in [-0.2, 0) is 6.42 Å². The van der Waals surface area contributed by atoms with Crippen molar-refractivity contribution in [3.8, 4) is 5.75 Å². The van der Waals surface area contributed by atoms with Crippen LogP contribution in [0.3, 0.4) is 0 Å². The second kappa shape index (κ2) is 10.7. The van der Waals surface area contributed by atoms with E-state index in [9.17, 15) is 18.3 Å². The third kappa shape index (κ3) is 4.64. The Morgan fingerprint density at radius 1 is 0.872 bits per heavy atom. The lowest BCUT2D eigenvalue weighted by Gasteiger charge is -2.18. The monoisotopic (exact) mass is 538 g/mol. The van der Waals surface area contributed by atoms with Gasteiger partial charge in [0, 0.05) is 17.0 Å². The SMILES string of the molecule is Bn1c(C)c(CC)c(C)c1/C(=C1N=C(/C=C/c2ccc(O)cc2)C(CC)=C\1C)c1c(F)c(F)c(F)c(F)c1F. The van der Waals surface area contributed by atoms with Gasteiger partial charge in [-0.3, -0.25) is 0 Å². The van der Waals surface area contributed by atoms with Gasteiger partial charge in [0.15, 0.2) is 23.3 Å². The Morgan fingerprint density at radius 3 is 1.95 bits per heavy atom. The number of aliphatic imine (C=N–C) groups is 1. The molecule has 0 amide bonds. The van der Waals surface area contributed by atoms with Gasteiger partial charge in [-0.2, -0.15) is 0 Å². The standard InChI is InChI=1S/C30H28BF5N2O/c1-6-19-15(4)30(38(31)16(19)5)23(22-24(32)26(34)28(36)27(35)25(22)33)29-14(3)20(7-2)21(37-29)13-10-17-8-11-18(39)12-9-17/h8-13,39H,6-7,31H2,1-5H3/b13-10+,29-23-. The van der Waals surface area contributed by atoms with Crippen molar-refractivity contribution >= 4 is 25.3 Å². The fourth-order valence-corrected chi connectivity index (χ4v) is 5.28. The molecule has 0 radical (unpaired) electrons. The molecular formula is C30H28BF5N2O. The number of benzene rings is 2. The van der Waals surface area contributed by atoms with Gasteiger partial charge in [-0.05, 0) is 79.7 Å². The summed E-state index contributed by atoms with van der Waals surface area (Å²) in [5, 5.41) is 9.55. The van der Waals surface area contributed by atoms with Crippen LogP contribution in [0.25, 0.3) is 11.6 Å². The Balaban J connectivity index is 2.11. The third-order valence-electron chi connectivity index (χ3n) is 7.40. The van der Waals surface area contributed by atoms with E-state index in [4.69, 9.17) is 4.99 Å². The van der Waals surface area contributed by atoms with E-state index < -0.39 is 34.6 Å². The summed E-state index contributed by atoms with van der Waals surface area (Å²) < 4.78 is 75.5. The first kappa shape index (κ1) is 28.1. The number of allylic oxidation sites excluding steroid dienone is 3. The summed E-state index contributed by atoms with van der Waals surface area (Å²) >= 11 is 0. The van der Waals surface area contributed by atoms with E-state index in [1.54, 1.807) is 50.6 Å². The highest BCUT2D eigenvalue weighted by Gasteiger charge is 2.34. The number of rotatable bonds is 6. The van der Waals surface area contributed by atoms with E-state index in [-0.39, 0.29) is 17.0 Å². The van der Waals surface area contributed by atoms with Gasteiger partial charge in [0.1, 0.15) is 5.75 Å². The first-order chi connectivity index (χ1) is 18.4. The maximum atomic E-state index is 15.4. The summed E-state index contributed by atoms with van der Waals surface area (Å²) in [5.41, 5.74) is 4.40. The summed E-state index contributed by atoms with van der Waals surface area (Å²) in [5.74, 6) is -9.91. The zero-order chi connectivity index (χ0) is 28.8. The Bertz CT molecular complexity index is 1580. The second-order valence-corrected chi connectivity index (χ2v) is 9.50.